The van der Waals surface area contributed by atoms with E-state index in [9.17, 15) is 4.79 Å². The van der Waals surface area contributed by atoms with E-state index in [0.717, 1.165) is 60.7 Å². The van der Waals surface area contributed by atoms with Crippen LogP contribution in [0.2, 0.25) is 0 Å². The molecule has 0 aliphatic heterocycles. The van der Waals surface area contributed by atoms with Crippen molar-refractivity contribution in [3.63, 3.8) is 0 Å². The third kappa shape index (κ3) is 14.3. The molecule has 0 unspecified atom stereocenters. The number of carbonyl (C=O) groups is 1. The van der Waals surface area contributed by atoms with Crippen LogP contribution < -0.4 is 0 Å². The van der Waals surface area contributed by atoms with E-state index in [0.29, 0.717) is 17.3 Å². The SMILES string of the molecule is CCCCCCCCCCCCCCCCCCCCC/C=C\CC(=O)O[C@H]1CC[C@@]2(C)C(=CC[C@H]3[C@@H]4CC[C@H]([C@H](C)CC[C@@H](CC)C(C)C)[C@@]4(C)CC[C@@H]32)C1. The molecule has 4 rings (SSSR count). The molecule has 0 bridgehead atoms. The molecule has 0 saturated heterocycles. The highest BCUT2D eigenvalue weighted by Crippen LogP contribution is 2.67. The van der Waals surface area contributed by atoms with Gasteiger partial charge in [0.25, 0.3) is 0 Å². The third-order valence-corrected chi connectivity index (χ3v) is 17.0. The zero-order valence-electron chi connectivity index (χ0n) is 38.8. The Bertz CT molecular complexity index is 1130. The molecule has 56 heavy (non-hydrogen) atoms. The van der Waals surface area contributed by atoms with Gasteiger partial charge in [0, 0.05) is 6.42 Å². The van der Waals surface area contributed by atoms with Gasteiger partial charge in [-0.2, -0.15) is 0 Å². The van der Waals surface area contributed by atoms with Gasteiger partial charge in [-0.15, -0.1) is 0 Å². The first-order valence-electron chi connectivity index (χ1n) is 25.7. The van der Waals surface area contributed by atoms with Crippen molar-refractivity contribution in [1.29, 1.82) is 0 Å². The Labute approximate surface area is 350 Å². The van der Waals surface area contributed by atoms with Gasteiger partial charge in [-0.3, -0.25) is 4.79 Å². The van der Waals surface area contributed by atoms with Crippen molar-refractivity contribution in [2.24, 2.45) is 52.3 Å². The van der Waals surface area contributed by atoms with Crippen molar-refractivity contribution in [2.45, 2.75) is 260 Å². The van der Waals surface area contributed by atoms with Crippen molar-refractivity contribution < 1.29 is 9.53 Å². The van der Waals surface area contributed by atoms with Crippen molar-refractivity contribution in [1.82, 2.24) is 0 Å². The normalized spacial score (nSPS) is 29.9. The first kappa shape index (κ1) is 47.6. The van der Waals surface area contributed by atoms with Crippen LogP contribution in [0.3, 0.4) is 0 Å². The fourth-order valence-electron chi connectivity index (χ4n) is 13.3. The highest BCUT2D eigenvalue weighted by atomic mass is 16.5. The lowest BCUT2D eigenvalue weighted by Gasteiger charge is -2.58. The Kier molecular flexibility index (Phi) is 21.7. The van der Waals surface area contributed by atoms with Crippen LogP contribution in [0, 0.1) is 52.3 Å². The zero-order chi connectivity index (χ0) is 40.2. The van der Waals surface area contributed by atoms with Gasteiger partial charge in [-0.1, -0.05) is 201 Å². The van der Waals surface area contributed by atoms with Gasteiger partial charge in [-0.05, 0) is 116 Å². The lowest BCUT2D eigenvalue weighted by molar-refractivity contribution is -0.150. The number of rotatable bonds is 29. The number of allylic oxidation sites excluding steroid dienone is 2. The zero-order valence-corrected chi connectivity index (χ0v) is 38.8. The van der Waals surface area contributed by atoms with E-state index in [1.165, 1.54) is 180 Å². The second-order valence-corrected chi connectivity index (χ2v) is 21.1. The van der Waals surface area contributed by atoms with Crippen LogP contribution >= 0.6 is 0 Å². The summed E-state index contributed by atoms with van der Waals surface area (Å²) in [4.78, 5) is 12.9. The van der Waals surface area contributed by atoms with Crippen molar-refractivity contribution in [3.8, 4) is 0 Å². The monoisotopic (exact) mass is 777 g/mol. The van der Waals surface area contributed by atoms with Gasteiger partial charge in [0.05, 0.1) is 6.42 Å². The van der Waals surface area contributed by atoms with Gasteiger partial charge >= 0.3 is 5.97 Å². The van der Waals surface area contributed by atoms with Crippen LogP contribution in [0.25, 0.3) is 0 Å². The summed E-state index contributed by atoms with van der Waals surface area (Å²) >= 11 is 0. The van der Waals surface area contributed by atoms with Crippen LogP contribution in [0.1, 0.15) is 254 Å². The molecular formula is C54H96O2. The molecule has 0 heterocycles. The first-order chi connectivity index (χ1) is 27.1. The van der Waals surface area contributed by atoms with Crippen molar-refractivity contribution in [2.75, 3.05) is 0 Å². The molecule has 0 N–H and O–H groups in total. The minimum Gasteiger partial charge on any atom is -0.462 e. The molecule has 3 saturated carbocycles. The summed E-state index contributed by atoms with van der Waals surface area (Å²) in [5.74, 6) is 6.04. The van der Waals surface area contributed by atoms with Crippen LogP contribution in [-0.2, 0) is 9.53 Å². The highest BCUT2D eigenvalue weighted by molar-refractivity contribution is 5.71. The summed E-state index contributed by atoms with van der Waals surface area (Å²) in [5.41, 5.74) is 2.48. The maximum atomic E-state index is 12.9. The maximum Gasteiger partial charge on any atom is 0.309 e. The molecule has 4 aliphatic rings. The smallest absolute Gasteiger partial charge is 0.309 e. The summed E-state index contributed by atoms with van der Waals surface area (Å²) in [6, 6.07) is 0. The Hall–Kier alpha value is -1.05. The first-order valence-corrected chi connectivity index (χ1v) is 25.7. The summed E-state index contributed by atoms with van der Waals surface area (Å²) in [7, 11) is 0. The number of esters is 1. The molecule has 0 radical (unpaired) electrons. The van der Waals surface area contributed by atoms with Crippen molar-refractivity contribution in [3.05, 3.63) is 23.8 Å². The second-order valence-electron chi connectivity index (χ2n) is 21.1. The van der Waals surface area contributed by atoms with Gasteiger partial charge in [-0.25, -0.2) is 0 Å². The fraction of sp³-hybridized carbons (Fsp3) is 0.907. The molecular weight excluding hydrogens is 681 g/mol. The number of ether oxygens (including phenoxy) is 1. The molecule has 9 atom stereocenters. The lowest BCUT2D eigenvalue weighted by atomic mass is 9.47. The van der Waals surface area contributed by atoms with Crippen LogP contribution in [0.15, 0.2) is 23.8 Å². The quantitative estimate of drug-likeness (QED) is 0.0430. The van der Waals surface area contributed by atoms with Gasteiger partial charge < -0.3 is 4.74 Å². The lowest BCUT2D eigenvalue weighted by Crippen LogP contribution is -2.51. The predicted octanol–water partition coefficient (Wildman–Crippen LogP) is 17.3. The Balaban J connectivity index is 1.03. The average molecular weight is 777 g/mol. The van der Waals surface area contributed by atoms with Crippen LogP contribution in [0.5, 0.6) is 0 Å². The van der Waals surface area contributed by atoms with E-state index < -0.39 is 0 Å². The molecule has 3 fully saturated rings. The van der Waals surface area contributed by atoms with E-state index in [4.69, 9.17) is 4.74 Å². The largest absolute Gasteiger partial charge is 0.462 e. The van der Waals surface area contributed by atoms with E-state index in [1.807, 2.05) is 0 Å². The van der Waals surface area contributed by atoms with Gasteiger partial charge in [0.2, 0.25) is 0 Å². The number of fused-ring (bicyclic) bond motifs is 5. The van der Waals surface area contributed by atoms with E-state index >= 15 is 0 Å². The molecule has 324 valence electrons. The minimum atomic E-state index is -0.0180. The molecule has 2 heteroatoms. The van der Waals surface area contributed by atoms with E-state index in [-0.39, 0.29) is 12.1 Å². The number of hydrogen-bond donors (Lipinski definition) is 0. The van der Waals surface area contributed by atoms with Crippen LogP contribution in [-0.4, -0.2) is 12.1 Å². The molecule has 0 amide bonds. The highest BCUT2D eigenvalue weighted by Gasteiger charge is 2.59. The standard InChI is InChI=1S/C54H96O2/c1-8-10-11-12-13-14-15-16-17-18-19-20-21-22-23-24-25-26-27-28-29-30-31-52(55)56-47-38-40-53(6)46(42-47)34-35-48-50-37-36-49(54(50,7)41-39-51(48)53)44(5)32-33-45(9-2)43(3)4/h29-30,34,43-45,47-51H,8-28,31-33,35-42H2,1-7H3/b30-29-/t44-,45-,47+,48+,49-,50+,51+,53+,54-/m1/s1. The minimum absolute atomic E-state index is 0.0180. The maximum absolute atomic E-state index is 12.9. The number of unbranched alkanes of at least 4 members (excludes halogenated alkanes) is 19. The summed E-state index contributed by atoms with van der Waals surface area (Å²) in [5, 5.41) is 0. The molecule has 4 aliphatic carbocycles. The Morgan fingerprint density at radius 3 is 1.88 bits per heavy atom. The third-order valence-electron chi connectivity index (χ3n) is 17.0. The van der Waals surface area contributed by atoms with Crippen LogP contribution in [0.4, 0.5) is 0 Å². The van der Waals surface area contributed by atoms with E-state index in [1.54, 1.807) is 5.57 Å². The molecule has 0 spiro atoms. The second kappa shape index (κ2) is 25.5. The summed E-state index contributed by atoms with van der Waals surface area (Å²) < 4.78 is 6.13. The molecule has 2 nitrogen and oxygen atoms in total. The average Bonchev–Trinajstić information content (AvgIpc) is 3.54. The van der Waals surface area contributed by atoms with Gasteiger partial charge in [0.15, 0.2) is 0 Å². The number of carbonyl (C=O) groups excluding carboxylic acids is 1. The summed E-state index contributed by atoms with van der Waals surface area (Å²) in [6.07, 6.45) is 50.0. The molecule has 0 aromatic carbocycles. The fourth-order valence-corrected chi connectivity index (χ4v) is 13.3. The predicted molar refractivity (Wildman–Crippen MR) is 244 cm³/mol. The van der Waals surface area contributed by atoms with Gasteiger partial charge in [0.1, 0.15) is 6.10 Å². The summed E-state index contributed by atoms with van der Waals surface area (Å²) in [6.45, 7) is 17.5. The topological polar surface area (TPSA) is 26.3 Å². The van der Waals surface area contributed by atoms with Crippen molar-refractivity contribution >= 4 is 5.97 Å². The molecule has 0 aromatic heterocycles. The Morgan fingerprint density at radius 1 is 0.714 bits per heavy atom. The van der Waals surface area contributed by atoms with E-state index in [2.05, 4.69) is 66.7 Å². The Morgan fingerprint density at radius 2 is 1.30 bits per heavy atom. The number of hydrogen-bond acceptors (Lipinski definition) is 2. The molecule has 0 aromatic rings.